The SMILES string of the molecule is Nc1cccc2oc(COC3COC3)nc12. The average Bonchev–Trinajstić information content (AvgIpc) is 2.60. The van der Waals surface area contributed by atoms with Gasteiger partial charge < -0.3 is 19.6 Å². The second-order valence-electron chi connectivity index (χ2n) is 3.77. The number of nitrogens with zero attached hydrogens (tertiary/aromatic N) is 1. The Morgan fingerprint density at radius 2 is 2.31 bits per heavy atom. The molecule has 0 saturated carbocycles. The molecule has 1 aliphatic rings. The van der Waals surface area contributed by atoms with Crippen molar-refractivity contribution in [1.29, 1.82) is 0 Å². The number of rotatable bonds is 3. The maximum Gasteiger partial charge on any atom is 0.221 e. The van der Waals surface area contributed by atoms with Gasteiger partial charge in [0.05, 0.1) is 18.9 Å². The normalized spacial score (nSPS) is 16.5. The summed E-state index contributed by atoms with van der Waals surface area (Å²) < 4.78 is 16.0. The minimum atomic E-state index is 0.173. The molecule has 0 radical (unpaired) electrons. The highest BCUT2D eigenvalue weighted by Crippen LogP contribution is 2.21. The van der Waals surface area contributed by atoms with Gasteiger partial charge in [-0.1, -0.05) is 6.07 Å². The van der Waals surface area contributed by atoms with Crippen LogP contribution in [-0.4, -0.2) is 24.3 Å². The molecule has 5 nitrogen and oxygen atoms in total. The third-order valence-electron chi connectivity index (χ3n) is 2.54. The van der Waals surface area contributed by atoms with Gasteiger partial charge in [-0.15, -0.1) is 0 Å². The second-order valence-corrected chi connectivity index (χ2v) is 3.77. The van der Waals surface area contributed by atoms with Crippen molar-refractivity contribution in [2.75, 3.05) is 18.9 Å². The van der Waals surface area contributed by atoms with Crippen LogP contribution < -0.4 is 5.73 Å². The summed E-state index contributed by atoms with van der Waals surface area (Å²) in [5.74, 6) is 0.555. The Hall–Kier alpha value is -1.59. The van der Waals surface area contributed by atoms with Crippen LogP contribution in [0.25, 0.3) is 11.1 Å². The van der Waals surface area contributed by atoms with Crippen LogP contribution in [0, 0.1) is 0 Å². The fraction of sp³-hybridized carbons (Fsp3) is 0.364. The number of para-hydroxylation sites is 1. The summed E-state index contributed by atoms with van der Waals surface area (Å²) in [6.45, 7) is 1.67. The number of ether oxygens (including phenoxy) is 2. The lowest BCUT2D eigenvalue weighted by Gasteiger charge is -2.25. The maximum atomic E-state index is 5.78. The molecule has 84 valence electrons. The fourth-order valence-electron chi connectivity index (χ4n) is 1.58. The van der Waals surface area contributed by atoms with Crippen LogP contribution in [0.2, 0.25) is 0 Å². The van der Waals surface area contributed by atoms with Gasteiger partial charge in [0.15, 0.2) is 5.58 Å². The standard InChI is InChI=1S/C11H12N2O3/c12-8-2-1-3-9-11(8)13-10(16-9)6-15-7-4-14-5-7/h1-3,7H,4-6,12H2. The van der Waals surface area contributed by atoms with Gasteiger partial charge in [0, 0.05) is 0 Å². The molecule has 16 heavy (non-hydrogen) atoms. The van der Waals surface area contributed by atoms with E-state index in [1.165, 1.54) is 0 Å². The van der Waals surface area contributed by atoms with Crippen LogP contribution in [0.15, 0.2) is 22.6 Å². The molecular formula is C11H12N2O3. The highest BCUT2D eigenvalue weighted by molar-refractivity contribution is 5.85. The lowest BCUT2D eigenvalue weighted by Crippen LogP contribution is -2.35. The number of hydrogen-bond donors (Lipinski definition) is 1. The zero-order valence-corrected chi connectivity index (χ0v) is 8.68. The van der Waals surface area contributed by atoms with Gasteiger partial charge in [-0.05, 0) is 12.1 Å². The first-order valence-electron chi connectivity index (χ1n) is 5.16. The molecule has 0 amide bonds. The third-order valence-corrected chi connectivity index (χ3v) is 2.54. The van der Waals surface area contributed by atoms with E-state index in [1.807, 2.05) is 12.1 Å². The molecule has 0 aliphatic carbocycles. The van der Waals surface area contributed by atoms with Crippen molar-refractivity contribution in [1.82, 2.24) is 4.98 Å². The zero-order valence-electron chi connectivity index (χ0n) is 8.68. The van der Waals surface area contributed by atoms with E-state index in [2.05, 4.69) is 4.98 Å². The van der Waals surface area contributed by atoms with Gasteiger partial charge in [0.2, 0.25) is 5.89 Å². The van der Waals surface area contributed by atoms with E-state index in [4.69, 9.17) is 19.6 Å². The van der Waals surface area contributed by atoms with Gasteiger partial charge in [0.1, 0.15) is 18.2 Å². The molecule has 2 N–H and O–H groups in total. The van der Waals surface area contributed by atoms with Crippen LogP contribution >= 0.6 is 0 Å². The molecule has 0 atom stereocenters. The number of fused-ring (bicyclic) bond motifs is 1. The molecule has 0 spiro atoms. The summed E-state index contributed by atoms with van der Waals surface area (Å²) in [5, 5.41) is 0. The van der Waals surface area contributed by atoms with Crippen molar-refractivity contribution in [3.63, 3.8) is 0 Å². The lowest BCUT2D eigenvalue weighted by atomic mass is 10.3. The molecule has 2 heterocycles. The van der Waals surface area contributed by atoms with Crippen LogP contribution in [0.4, 0.5) is 5.69 Å². The number of nitrogen functional groups attached to an aromatic ring is 1. The number of nitrogens with two attached hydrogens (primary N) is 1. The monoisotopic (exact) mass is 220 g/mol. The summed E-state index contributed by atoms with van der Waals surface area (Å²) >= 11 is 0. The number of hydrogen-bond acceptors (Lipinski definition) is 5. The summed E-state index contributed by atoms with van der Waals surface area (Å²) in [6.07, 6.45) is 0.173. The minimum absolute atomic E-state index is 0.173. The molecular weight excluding hydrogens is 208 g/mol. The van der Waals surface area contributed by atoms with Crippen LogP contribution in [0.1, 0.15) is 5.89 Å². The summed E-state index contributed by atoms with van der Waals surface area (Å²) in [5.41, 5.74) is 7.80. The van der Waals surface area contributed by atoms with Gasteiger partial charge in [-0.25, -0.2) is 4.98 Å². The van der Waals surface area contributed by atoms with E-state index < -0.39 is 0 Å². The van der Waals surface area contributed by atoms with Crippen LogP contribution in [-0.2, 0) is 16.1 Å². The predicted octanol–water partition coefficient (Wildman–Crippen LogP) is 1.33. The second kappa shape index (κ2) is 3.77. The minimum Gasteiger partial charge on any atom is -0.438 e. The number of aromatic nitrogens is 1. The topological polar surface area (TPSA) is 70.5 Å². The first kappa shape index (κ1) is 9.62. The van der Waals surface area contributed by atoms with Gasteiger partial charge in [-0.2, -0.15) is 0 Å². The maximum absolute atomic E-state index is 5.78. The Balaban J connectivity index is 1.79. The van der Waals surface area contributed by atoms with Gasteiger partial charge in [0.25, 0.3) is 0 Å². The van der Waals surface area contributed by atoms with Crippen molar-refractivity contribution in [2.24, 2.45) is 0 Å². The summed E-state index contributed by atoms with van der Waals surface area (Å²) in [7, 11) is 0. The number of oxazole rings is 1. The summed E-state index contributed by atoms with van der Waals surface area (Å²) in [6, 6.07) is 5.48. The largest absolute Gasteiger partial charge is 0.438 e. The van der Waals surface area contributed by atoms with E-state index in [9.17, 15) is 0 Å². The molecule has 2 aromatic rings. The Morgan fingerprint density at radius 1 is 1.44 bits per heavy atom. The fourth-order valence-corrected chi connectivity index (χ4v) is 1.58. The molecule has 1 fully saturated rings. The van der Waals surface area contributed by atoms with Crippen LogP contribution in [0.5, 0.6) is 0 Å². The van der Waals surface area contributed by atoms with Crippen molar-refractivity contribution in [2.45, 2.75) is 12.7 Å². The van der Waals surface area contributed by atoms with Crippen molar-refractivity contribution in [3.05, 3.63) is 24.1 Å². The van der Waals surface area contributed by atoms with E-state index >= 15 is 0 Å². The Morgan fingerprint density at radius 3 is 3.00 bits per heavy atom. The number of benzene rings is 1. The lowest BCUT2D eigenvalue weighted by molar-refractivity contribution is -0.138. The Labute approximate surface area is 92.1 Å². The van der Waals surface area contributed by atoms with Gasteiger partial charge >= 0.3 is 0 Å². The van der Waals surface area contributed by atoms with E-state index in [0.29, 0.717) is 42.5 Å². The van der Waals surface area contributed by atoms with E-state index in [-0.39, 0.29) is 6.10 Å². The van der Waals surface area contributed by atoms with E-state index in [1.54, 1.807) is 6.07 Å². The summed E-state index contributed by atoms with van der Waals surface area (Å²) in [4.78, 5) is 4.29. The third kappa shape index (κ3) is 1.64. The van der Waals surface area contributed by atoms with Crippen molar-refractivity contribution >= 4 is 16.8 Å². The highest BCUT2D eigenvalue weighted by atomic mass is 16.6. The molecule has 3 rings (SSSR count). The first-order chi connectivity index (χ1) is 7.83. The Bertz CT molecular complexity index is 505. The Kier molecular flexibility index (Phi) is 2.27. The highest BCUT2D eigenvalue weighted by Gasteiger charge is 2.20. The number of anilines is 1. The van der Waals surface area contributed by atoms with Crippen LogP contribution in [0.3, 0.4) is 0 Å². The molecule has 1 saturated heterocycles. The average molecular weight is 220 g/mol. The van der Waals surface area contributed by atoms with Gasteiger partial charge in [-0.3, -0.25) is 0 Å². The predicted molar refractivity (Wildman–Crippen MR) is 57.8 cm³/mol. The molecule has 1 aliphatic heterocycles. The molecule has 1 aromatic heterocycles. The molecule has 0 bridgehead atoms. The zero-order chi connectivity index (χ0) is 11.0. The first-order valence-corrected chi connectivity index (χ1v) is 5.16. The quantitative estimate of drug-likeness (QED) is 0.790. The molecule has 0 unspecified atom stereocenters. The van der Waals surface area contributed by atoms with E-state index in [0.717, 1.165) is 0 Å². The van der Waals surface area contributed by atoms with Crippen molar-refractivity contribution in [3.8, 4) is 0 Å². The molecule has 5 heteroatoms. The smallest absolute Gasteiger partial charge is 0.221 e. The van der Waals surface area contributed by atoms with Crippen molar-refractivity contribution < 1.29 is 13.9 Å². The molecule has 1 aromatic carbocycles.